The van der Waals surface area contributed by atoms with Crippen molar-refractivity contribution in [2.45, 2.75) is 64.3 Å². The Hall–Kier alpha value is -4.12. The number of aliphatic carboxylic acids is 1. The van der Waals surface area contributed by atoms with Crippen molar-refractivity contribution in [2.24, 2.45) is 11.3 Å². The zero-order valence-corrected chi connectivity index (χ0v) is 24.7. The lowest BCUT2D eigenvalue weighted by Crippen LogP contribution is -2.59. The van der Waals surface area contributed by atoms with E-state index in [1.165, 1.54) is 17.9 Å². The van der Waals surface area contributed by atoms with Gasteiger partial charge in [0.25, 0.3) is 0 Å². The molecule has 1 saturated carbocycles. The molecule has 0 spiro atoms. The van der Waals surface area contributed by atoms with Crippen LogP contribution >= 0.6 is 11.6 Å². The third kappa shape index (κ3) is 6.35. The lowest BCUT2D eigenvalue weighted by Gasteiger charge is -2.35. The van der Waals surface area contributed by atoms with Gasteiger partial charge in [-0.05, 0) is 43.0 Å². The van der Waals surface area contributed by atoms with Gasteiger partial charge < -0.3 is 30.1 Å². The van der Waals surface area contributed by atoms with Crippen LogP contribution in [-0.4, -0.2) is 69.1 Å². The predicted molar refractivity (Wildman–Crippen MR) is 156 cm³/mol. The molecule has 224 valence electrons. The van der Waals surface area contributed by atoms with E-state index in [9.17, 15) is 24.3 Å². The molecule has 1 aliphatic carbocycles. The van der Waals surface area contributed by atoms with E-state index in [1.54, 1.807) is 51.2 Å². The highest BCUT2D eigenvalue weighted by Gasteiger charge is 2.61. The fourth-order valence-corrected chi connectivity index (χ4v) is 5.36. The molecule has 1 saturated heterocycles. The van der Waals surface area contributed by atoms with E-state index < -0.39 is 58.9 Å². The van der Waals surface area contributed by atoms with Crippen LogP contribution in [0.3, 0.4) is 0 Å². The molecule has 0 unspecified atom stereocenters. The average Bonchev–Trinajstić information content (AvgIpc) is 3.45. The second kappa shape index (κ2) is 11.6. The first kappa shape index (κ1) is 30.8. The number of carbonyl (C=O) groups excluding carboxylic acids is 3. The minimum absolute atomic E-state index is 0.00305. The monoisotopic (exact) mass is 598 g/mol. The van der Waals surface area contributed by atoms with Crippen molar-refractivity contribution in [3.8, 4) is 5.75 Å². The Labute approximate surface area is 248 Å². The summed E-state index contributed by atoms with van der Waals surface area (Å²) < 4.78 is 11.3. The maximum absolute atomic E-state index is 14.1. The number of fused-ring (bicyclic) bond motifs is 1. The van der Waals surface area contributed by atoms with E-state index >= 15 is 0 Å². The lowest BCUT2D eigenvalue weighted by molar-refractivity contribution is -0.146. The van der Waals surface area contributed by atoms with E-state index in [-0.39, 0.29) is 25.1 Å². The minimum atomic E-state index is -1.49. The Balaban J connectivity index is 1.65. The number of carbonyl (C=O) groups is 4. The molecule has 3 N–H and O–H groups in total. The van der Waals surface area contributed by atoms with E-state index in [0.29, 0.717) is 21.7 Å². The SMILES string of the molecule is C=C[C@@H]1C[C@]1(NC(=O)[C@@H]1C[C@@H](Oc2ccnc3cc(Cl)ccc23)CN1C(=O)[C@@H](NC(=O)OC(=C)C)C(C)(C)C)C(=O)O. The van der Waals surface area contributed by atoms with Crippen LogP contribution in [0.4, 0.5) is 4.79 Å². The van der Waals surface area contributed by atoms with Crippen molar-refractivity contribution in [3.05, 3.63) is 60.5 Å². The number of benzene rings is 1. The number of rotatable bonds is 9. The predicted octanol–water partition coefficient (Wildman–Crippen LogP) is 4.06. The van der Waals surface area contributed by atoms with Gasteiger partial charge in [0.05, 0.1) is 17.8 Å². The van der Waals surface area contributed by atoms with E-state index in [0.717, 1.165) is 0 Å². The smallest absolute Gasteiger partial charge is 0.412 e. The third-order valence-electron chi connectivity index (χ3n) is 7.48. The maximum atomic E-state index is 14.1. The number of hydrogen-bond donors (Lipinski definition) is 3. The van der Waals surface area contributed by atoms with E-state index in [2.05, 4.69) is 28.8 Å². The molecule has 11 nitrogen and oxygen atoms in total. The summed E-state index contributed by atoms with van der Waals surface area (Å²) in [4.78, 5) is 57.9. The number of halogens is 1. The Kier molecular flexibility index (Phi) is 8.54. The summed E-state index contributed by atoms with van der Waals surface area (Å²) in [5.74, 6) is -2.16. The highest BCUT2D eigenvalue weighted by atomic mass is 35.5. The number of amides is 3. The van der Waals surface area contributed by atoms with Crippen LogP contribution < -0.4 is 15.4 Å². The van der Waals surface area contributed by atoms with Gasteiger partial charge in [-0.2, -0.15) is 0 Å². The number of hydrogen-bond acceptors (Lipinski definition) is 7. The molecule has 12 heteroatoms. The van der Waals surface area contributed by atoms with Gasteiger partial charge in [0.2, 0.25) is 11.8 Å². The Morgan fingerprint density at radius 1 is 1.26 bits per heavy atom. The molecule has 0 radical (unpaired) electrons. The normalized spacial score (nSPS) is 23.9. The van der Waals surface area contributed by atoms with Crippen LogP contribution in [0.5, 0.6) is 5.75 Å². The van der Waals surface area contributed by atoms with Crippen LogP contribution in [0.1, 0.15) is 40.5 Å². The number of pyridine rings is 1. The molecule has 2 fully saturated rings. The number of aromatic nitrogens is 1. The van der Waals surface area contributed by atoms with Gasteiger partial charge in [0.1, 0.15) is 29.5 Å². The maximum Gasteiger partial charge on any atom is 0.412 e. The van der Waals surface area contributed by atoms with Gasteiger partial charge in [-0.15, -0.1) is 6.58 Å². The lowest BCUT2D eigenvalue weighted by atomic mass is 9.85. The van der Waals surface area contributed by atoms with Gasteiger partial charge in [0.15, 0.2) is 0 Å². The molecule has 0 bridgehead atoms. The van der Waals surface area contributed by atoms with Crippen molar-refractivity contribution in [2.75, 3.05) is 6.54 Å². The summed E-state index contributed by atoms with van der Waals surface area (Å²) >= 11 is 6.12. The standard InChI is InChI=1S/C30H35ClN4O7/c1-7-17-14-30(17,27(38)39)34-25(36)22-13-19(42-23-10-11-32-21-12-18(31)8-9-20(21)23)15-35(22)26(37)24(29(4,5)6)33-28(40)41-16(2)3/h7-12,17,19,22,24H,1-2,13-15H2,3-6H3,(H,33,40)(H,34,36)(H,38,39)/t17-,19-,22+,24-,30-/m1/s1. The second-order valence-corrected chi connectivity index (χ2v) is 12.2. The molecule has 1 aromatic carbocycles. The van der Waals surface area contributed by atoms with Crippen molar-refractivity contribution in [1.82, 2.24) is 20.5 Å². The van der Waals surface area contributed by atoms with Crippen molar-refractivity contribution >= 4 is 46.4 Å². The topological polar surface area (TPSA) is 147 Å². The van der Waals surface area contributed by atoms with Gasteiger partial charge in [-0.25, -0.2) is 9.59 Å². The number of likely N-dealkylation sites (tertiary alicyclic amines) is 1. The van der Waals surface area contributed by atoms with Gasteiger partial charge in [0, 0.05) is 28.9 Å². The fourth-order valence-electron chi connectivity index (χ4n) is 5.19. The van der Waals surface area contributed by atoms with Crippen LogP contribution in [0.2, 0.25) is 5.02 Å². The molecule has 1 aliphatic heterocycles. The van der Waals surface area contributed by atoms with Crippen LogP contribution in [0, 0.1) is 11.3 Å². The number of allylic oxidation sites excluding steroid dienone is 1. The summed E-state index contributed by atoms with van der Waals surface area (Å²) in [7, 11) is 0. The first-order chi connectivity index (χ1) is 19.7. The number of nitrogens with one attached hydrogen (secondary N) is 2. The largest absolute Gasteiger partial charge is 0.488 e. The minimum Gasteiger partial charge on any atom is -0.488 e. The molecule has 2 heterocycles. The van der Waals surface area contributed by atoms with Crippen LogP contribution in [0.15, 0.2) is 55.5 Å². The number of carboxylic acids is 1. The van der Waals surface area contributed by atoms with Crippen molar-refractivity contribution in [1.29, 1.82) is 0 Å². The number of alkyl carbamates (subject to hydrolysis) is 1. The second-order valence-electron chi connectivity index (χ2n) is 11.8. The van der Waals surface area contributed by atoms with Gasteiger partial charge >= 0.3 is 12.1 Å². The number of carboxylic acid groups (broad SMARTS) is 1. The zero-order valence-electron chi connectivity index (χ0n) is 24.0. The highest BCUT2D eigenvalue weighted by molar-refractivity contribution is 6.31. The van der Waals surface area contributed by atoms with Crippen molar-refractivity contribution < 1.29 is 33.8 Å². The van der Waals surface area contributed by atoms with Crippen molar-refractivity contribution in [3.63, 3.8) is 0 Å². The fraction of sp³-hybridized carbons (Fsp3) is 0.433. The Morgan fingerprint density at radius 3 is 2.57 bits per heavy atom. The summed E-state index contributed by atoms with van der Waals surface area (Å²) in [6.07, 6.45) is 1.85. The highest BCUT2D eigenvalue weighted by Crippen LogP contribution is 2.45. The molecular weight excluding hydrogens is 564 g/mol. The molecule has 2 aliphatic rings. The molecule has 5 atom stereocenters. The quantitative estimate of drug-likeness (QED) is 0.289. The van der Waals surface area contributed by atoms with Crippen LogP contribution in [0.25, 0.3) is 10.9 Å². The molecule has 3 amide bonds. The Bertz CT molecular complexity index is 1450. The zero-order chi connectivity index (χ0) is 31.0. The van der Waals surface area contributed by atoms with E-state index in [1.807, 2.05) is 0 Å². The first-order valence-corrected chi connectivity index (χ1v) is 13.9. The molecule has 42 heavy (non-hydrogen) atoms. The average molecular weight is 599 g/mol. The number of nitrogens with zero attached hydrogens (tertiary/aromatic N) is 2. The molecule has 2 aromatic rings. The first-order valence-electron chi connectivity index (χ1n) is 13.5. The summed E-state index contributed by atoms with van der Waals surface area (Å²) in [5, 5.41) is 16.3. The summed E-state index contributed by atoms with van der Waals surface area (Å²) in [6, 6.07) is 4.70. The Morgan fingerprint density at radius 2 is 1.98 bits per heavy atom. The number of ether oxygens (including phenoxy) is 2. The van der Waals surface area contributed by atoms with Crippen LogP contribution in [-0.2, 0) is 19.1 Å². The molecule has 4 rings (SSSR count). The third-order valence-corrected chi connectivity index (χ3v) is 7.71. The van der Waals surface area contributed by atoms with E-state index in [4.69, 9.17) is 21.1 Å². The molecular formula is C30H35ClN4O7. The molecule has 1 aromatic heterocycles. The van der Waals surface area contributed by atoms with Gasteiger partial charge in [-0.1, -0.05) is 45.0 Å². The summed E-state index contributed by atoms with van der Waals surface area (Å²) in [5.41, 5.74) is -1.65. The van der Waals surface area contributed by atoms with Gasteiger partial charge in [-0.3, -0.25) is 14.6 Å². The summed E-state index contributed by atoms with van der Waals surface area (Å²) in [6.45, 7) is 14.0.